The Bertz CT molecular complexity index is 459. The first-order chi connectivity index (χ1) is 6.20. The molecule has 3 heteroatoms. The van der Waals surface area contributed by atoms with Crippen LogP contribution in [0.2, 0.25) is 5.02 Å². The fourth-order valence-electron chi connectivity index (χ4n) is 1.39. The summed E-state index contributed by atoms with van der Waals surface area (Å²) >= 11 is 9.55. The van der Waals surface area contributed by atoms with Crippen LogP contribution in [-0.2, 0) is 0 Å². The zero-order valence-corrected chi connectivity index (χ0v) is 9.35. The normalized spacial score (nSPS) is 10.7. The maximum atomic E-state index is 6.07. The number of fused-ring (bicyclic) bond motifs is 1. The summed E-state index contributed by atoms with van der Waals surface area (Å²) in [4.78, 5) is 4.20. The second-order valence-corrected chi connectivity index (χ2v) is 4.11. The lowest BCUT2D eigenvalue weighted by molar-refractivity contribution is 1.23. The van der Waals surface area contributed by atoms with Gasteiger partial charge in [-0.1, -0.05) is 27.5 Å². The molecule has 0 bridgehead atoms. The first-order valence-corrected chi connectivity index (χ1v) is 5.06. The summed E-state index contributed by atoms with van der Waals surface area (Å²) in [5.74, 6) is 0. The number of rotatable bonds is 0. The second kappa shape index (κ2) is 3.28. The molecule has 0 aliphatic heterocycles. The van der Waals surface area contributed by atoms with Gasteiger partial charge in [-0.15, -0.1) is 0 Å². The molecule has 0 atom stereocenters. The zero-order chi connectivity index (χ0) is 9.42. The van der Waals surface area contributed by atoms with Crippen LogP contribution < -0.4 is 0 Å². The highest BCUT2D eigenvalue weighted by molar-refractivity contribution is 9.10. The number of halogens is 2. The first kappa shape index (κ1) is 8.97. The average Bonchev–Trinajstić information content (AvgIpc) is 2.12. The Labute approximate surface area is 89.9 Å². The van der Waals surface area contributed by atoms with Crippen molar-refractivity contribution in [3.63, 3.8) is 0 Å². The number of pyridine rings is 1. The van der Waals surface area contributed by atoms with E-state index < -0.39 is 0 Å². The Hall–Kier alpha value is -0.600. The number of benzene rings is 1. The van der Waals surface area contributed by atoms with Gasteiger partial charge in [0.05, 0.1) is 5.02 Å². The van der Waals surface area contributed by atoms with E-state index in [0.29, 0.717) is 0 Å². The number of aryl methyl sites for hydroxylation is 1. The second-order valence-electron chi connectivity index (χ2n) is 2.85. The minimum atomic E-state index is 0.754. The number of hydrogen-bond donors (Lipinski definition) is 0. The lowest BCUT2D eigenvalue weighted by Gasteiger charge is -2.04. The molecule has 0 aliphatic rings. The van der Waals surface area contributed by atoms with E-state index >= 15 is 0 Å². The summed E-state index contributed by atoms with van der Waals surface area (Å²) in [5.41, 5.74) is 0.962. The summed E-state index contributed by atoms with van der Waals surface area (Å²) in [5, 5.41) is 2.89. The van der Waals surface area contributed by atoms with Gasteiger partial charge in [0.1, 0.15) is 0 Å². The molecule has 1 heterocycles. The third-order valence-corrected chi connectivity index (χ3v) is 3.02. The van der Waals surface area contributed by atoms with Gasteiger partial charge in [-0.2, -0.15) is 0 Å². The summed E-state index contributed by atoms with van der Waals surface area (Å²) in [6.07, 6.45) is 1.79. The van der Waals surface area contributed by atoms with Gasteiger partial charge >= 0.3 is 0 Å². The summed E-state index contributed by atoms with van der Waals surface area (Å²) in [6.45, 7) is 1.96. The quantitative estimate of drug-likeness (QED) is 0.695. The Kier molecular flexibility index (Phi) is 2.26. The van der Waals surface area contributed by atoms with E-state index in [4.69, 9.17) is 11.6 Å². The van der Waals surface area contributed by atoms with Crippen LogP contribution in [0, 0.1) is 6.92 Å². The van der Waals surface area contributed by atoms with Gasteiger partial charge in [0.2, 0.25) is 0 Å². The van der Waals surface area contributed by atoms with Crippen molar-refractivity contribution in [3.8, 4) is 0 Å². The minimum Gasteiger partial charge on any atom is -0.261 e. The summed E-state index contributed by atoms with van der Waals surface area (Å²) in [7, 11) is 0. The molecule has 0 fully saturated rings. The largest absolute Gasteiger partial charge is 0.261 e. The van der Waals surface area contributed by atoms with Gasteiger partial charge in [0, 0.05) is 27.1 Å². The molecular weight excluding hydrogens is 249 g/mol. The molecule has 0 N–H and O–H groups in total. The summed E-state index contributed by atoms with van der Waals surface area (Å²) in [6, 6.07) is 5.78. The number of hydrogen-bond acceptors (Lipinski definition) is 1. The molecule has 0 aliphatic carbocycles. The van der Waals surface area contributed by atoms with Crippen LogP contribution in [0.1, 0.15) is 5.69 Å². The third kappa shape index (κ3) is 1.45. The Morgan fingerprint density at radius 1 is 1.31 bits per heavy atom. The summed E-state index contributed by atoms with van der Waals surface area (Å²) < 4.78 is 1.05. The SMILES string of the molecule is Cc1nccc2c(Br)ccc(Cl)c12. The molecule has 0 amide bonds. The van der Waals surface area contributed by atoms with E-state index in [1.54, 1.807) is 6.20 Å². The Balaban J connectivity index is 3.00. The Morgan fingerprint density at radius 3 is 2.77 bits per heavy atom. The van der Waals surface area contributed by atoms with E-state index in [0.717, 1.165) is 26.0 Å². The smallest absolute Gasteiger partial charge is 0.0503 e. The molecule has 0 unspecified atom stereocenters. The maximum Gasteiger partial charge on any atom is 0.0503 e. The van der Waals surface area contributed by atoms with Crippen LogP contribution in [0.15, 0.2) is 28.9 Å². The molecule has 0 saturated heterocycles. The van der Waals surface area contributed by atoms with Crippen LogP contribution in [0.5, 0.6) is 0 Å². The van der Waals surface area contributed by atoms with Crippen LogP contribution in [0.4, 0.5) is 0 Å². The van der Waals surface area contributed by atoms with E-state index in [-0.39, 0.29) is 0 Å². The van der Waals surface area contributed by atoms with Crippen LogP contribution in [0.3, 0.4) is 0 Å². The monoisotopic (exact) mass is 255 g/mol. The van der Waals surface area contributed by atoms with Crippen molar-refractivity contribution in [2.45, 2.75) is 6.92 Å². The molecule has 66 valence electrons. The van der Waals surface area contributed by atoms with Crippen molar-refractivity contribution in [1.82, 2.24) is 4.98 Å². The number of nitrogens with zero attached hydrogens (tertiary/aromatic N) is 1. The van der Waals surface area contributed by atoms with Crippen molar-refractivity contribution in [1.29, 1.82) is 0 Å². The van der Waals surface area contributed by atoms with Gasteiger partial charge in [-0.05, 0) is 25.1 Å². The van der Waals surface area contributed by atoms with E-state index in [2.05, 4.69) is 20.9 Å². The molecule has 1 aromatic heterocycles. The highest BCUT2D eigenvalue weighted by Crippen LogP contribution is 2.30. The predicted octanol–water partition coefficient (Wildman–Crippen LogP) is 3.96. The lowest BCUT2D eigenvalue weighted by atomic mass is 10.1. The van der Waals surface area contributed by atoms with Crippen molar-refractivity contribution in [2.75, 3.05) is 0 Å². The molecule has 13 heavy (non-hydrogen) atoms. The standard InChI is InChI=1S/C10H7BrClN/c1-6-10-7(4-5-13-6)8(11)2-3-9(10)12/h2-5H,1H3. The number of aromatic nitrogens is 1. The maximum absolute atomic E-state index is 6.07. The molecule has 2 rings (SSSR count). The molecule has 0 saturated carbocycles. The predicted molar refractivity (Wildman–Crippen MR) is 59.2 cm³/mol. The van der Waals surface area contributed by atoms with Gasteiger partial charge in [-0.3, -0.25) is 4.98 Å². The molecule has 1 nitrogen and oxygen atoms in total. The third-order valence-electron chi connectivity index (χ3n) is 2.01. The van der Waals surface area contributed by atoms with Crippen molar-refractivity contribution in [2.24, 2.45) is 0 Å². The highest BCUT2D eigenvalue weighted by Gasteiger charge is 2.05. The molecule has 2 aromatic rings. The first-order valence-electron chi connectivity index (χ1n) is 3.89. The molecule has 0 spiro atoms. The van der Waals surface area contributed by atoms with Gasteiger partial charge in [-0.25, -0.2) is 0 Å². The average molecular weight is 257 g/mol. The molecule has 1 aromatic carbocycles. The highest BCUT2D eigenvalue weighted by atomic mass is 79.9. The lowest BCUT2D eigenvalue weighted by Crippen LogP contribution is -1.84. The molecular formula is C10H7BrClN. The van der Waals surface area contributed by atoms with Crippen LogP contribution in [0.25, 0.3) is 10.8 Å². The minimum absolute atomic E-state index is 0.754. The van der Waals surface area contributed by atoms with Crippen LogP contribution >= 0.6 is 27.5 Å². The van der Waals surface area contributed by atoms with E-state index in [1.165, 1.54) is 0 Å². The topological polar surface area (TPSA) is 12.9 Å². The van der Waals surface area contributed by atoms with Gasteiger partial charge < -0.3 is 0 Å². The zero-order valence-electron chi connectivity index (χ0n) is 7.01. The van der Waals surface area contributed by atoms with Crippen molar-refractivity contribution < 1.29 is 0 Å². The van der Waals surface area contributed by atoms with E-state index in [1.807, 2.05) is 25.1 Å². The Morgan fingerprint density at radius 2 is 2.08 bits per heavy atom. The van der Waals surface area contributed by atoms with Crippen molar-refractivity contribution >= 4 is 38.3 Å². The van der Waals surface area contributed by atoms with Crippen LogP contribution in [-0.4, -0.2) is 4.98 Å². The molecule has 0 radical (unpaired) electrons. The van der Waals surface area contributed by atoms with Crippen molar-refractivity contribution in [3.05, 3.63) is 39.6 Å². The fraction of sp³-hybridized carbons (Fsp3) is 0.100. The van der Waals surface area contributed by atoms with E-state index in [9.17, 15) is 0 Å². The van der Waals surface area contributed by atoms with Gasteiger partial charge in [0.15, 0.2) is 0 Å². The fourth-order valence-corrected chi connectivity index (χ4v) is 2.15. The van der Waals surface area contributed by atoms with Gasteiger partial charge in [0.25, 0.3) is 0 Å².